The molecule has 26 heavy (non-hydrogen) atoms. The van der Waals surface area contributed by atoms with E-state index in [4.69, 9.17) is 23.2 Å². The molecule has 5 nitrogen and oxygen atoms in total. The molecule has 0 unspecified atom stereocenters. The summed E-state index contributed by atoms with van der Waals surface area (Å²) in [4.78, 5) is 31.4. The van der Waals surface area contributed by atoms with Crippen molar-refractivity contribution in [1.29, 1.82) is 0 Å². The maximum absolute atomic E-state index is 12.4. The van der Waals surface area contributed by atoms with E-state index in [0.717, 1.165) is 43.9 Å². The number of rotatable bonds is 5. The van der Waals surface area contributed by atoms with Gasteiger partial charge in [0.15, 0.2) is 0 Å². The van der Waals surface area contributed by atoms with E-state index >= 15 is 0 Å². The van der Waals surface area contributed by atoms with Gasteiger partial charge in [-0.1, -0.05) is 23.2 Å². The summed E-state index contributed by atoms with van der Waals surface area (Å²) in [6.45, 7) is 5.06. The third-order valence-corrected chi connectivity index (χ3v) is 6.50. The lowest BCUT2D eigenvalue weighted by Gasteiger charge is -2.35. The first-order valence-corrected chi connectivity index (χ1v) is 10.6. The van der Waals surface area contributed by atoms with Crippen molar-refractivity contribution in [2.24, 2.45) is 0 Å². The van der Waals surface area contributed by atoms with Crippen LogP contribution in [0.2, 0.25) is 10.0 Å². The molecule has 1 aromatic rings. The lowest BCUT2D eigenvalue weighted by molar-refractivity contribution is -0.133. The predicted octanol–water partition coefficient (Wildman–Crippen LogP) is 2.85. The van der Waals surface area contributed by atoms with E-state index in [-0.39, 0.29) is 11.8 Å². The van der Waals surface area contributed by atoms with Crippen LogP contribution < -0.4 is 0 Å². The maximum atomic E-state index is 12.4. The zero-order valence-electron chi connectivity index (χ0n) is 14.6. The normalized spacial score (nSPS) is 18.4. The van der Waals surface area contributed by atoms with Gasteiger partial charge in [-0.2, -0.15) is 0 Å². The average Bonchev–Trinajstić information content (AvgIpc) is 3.18. The topological polar surface area (TPSA) is 43.9 Å². The molecule has 1 aromatic carbocycles. The number of halogens is 2. The number of piperazine rings is 1. The van der Waals surface area contributed by atoms with E-state index in [2.05, 4.69) is 4.90 Å². The van der Waals surface area contributed by atoms with Crippen LogP contribution in [0.4, 0.5) is 0 Å². The number of thioether (sulfide) groups is 1. The Morgan fingerprint density at radius 2 is 1.58 bits per heavy atom. The number of likely N-dealkylation sites (tertiary alicyclic amines) is 1. The Hall–Kier alpha value is -0.950. The maximum Gasteiger partial charge on any atom is 0.236 e. The largest absolute Gasteiger partial charge is 0.342 e. The van der Waals surface area contributed by atoms with E-state index in [1.807, 2.05) is 9.80 Å². The molecule has 0 atom stereocenters. The minimum Gasteiger partial charge on any atom is -0.342 e. The molecule has 0 saturated carbocycles. The van der Waals surface area contributed by atoms with Gasteiger partial charge >= 0.3 is 0 Å². The first-order chi connectivity index (χ1) is 12.5. The van der Waals surface area contributed by atoms with Gasteiger partial charge in [0.2, 0.25) is 11.8 Å². The third kappa shape index (κ3) is 5.28. The van der Waals surface area contributed by atoms with Gasteiger partial charge in [0.1, 0.15) is 0 Å². The predicted molar refractivity (Wildman–Crippen MR) is 106 cm³/mol. The number of carbonyl (C=O) groups is 2. The molecule has 0 N–H and O–H groups in total. The second-order valence-electron chi connectivity index (χ2n) is 6.61. The molecule has 2 aliphatic rings. The molecule has 0 aromatic heterocycles. The van der Waals surface area contributed by atoms with Crippen molar-refractivity contribution < 1.29 is 9.59 Å². The van der Waals surface area contributed by atoms with E-state index in [1.165, 1.54) is 11.8 Å². The SMILES string of the molecule is O=C(CSc1cc(Cl)ccc1Cl)N1CCN(CC(=O)N2CCCC2)CC1. The fourth-order valence-electron chi connectivity index (χ4n) is 3.23. The highest BCUT2D eigenvalue weighted by Crippen LogP contribution is 2.30. The van der Waals surface area contributed by atoms with Crippen LogP contribution in [0.25, 0.3) is 0 Å². The quantitative estimate of drug-likeness (QED) is 0.693. The summed E-state index contributed by atoms with van der Waals surface area (Å²) in [5.41, 5.74) is 0. The molecule has 8 heteroatoms. The molecule has 0 aliphatic carbocycles. The number of amides is 2. The molecule has 2 aliphatic heterocycles. The molecule has 2 saturated heterocycles. The highest BCUT2D eigenvalue weighted by molar-refractivity contribution is 8.00. The van der Waals surface area contributed by atoms with Crippen molar-refractivity contribution in [2.75, 3.05) is 51.6 Å². The van der Waals surface area contributed by atoms with Gasteiger partial charge in [0.05, 0.1) is 17.3 Å². The first kappa shape index (κ1) is 19.8. The van der Waals surface area contributed by atoms with Gasteiger partial charge in [-0.15, -0.1) is 11.8 Å². The molecule has 2 fully saturated rings. The molecular formula is C18H23Cl2N3O2S. The fourth-order valence-corrected chi connectivity index (χ4v) is 4.63. The van der Waals surface area contributed by atoms with Crippen molar-refractivity contribution in [3.63, 3.8) is 0 Å². The van der Waals surface area contributed by atoms with E-state index in [9.17, 15) is 9.59 Å². The molecule has 2 heterocycles. The number of hydrogen-bond acceptors (Lipinski definition) is 4. The Labute approximate surface area is 168 Å². The fraction of sp³-hybridized carbons (Fsp3) is 0.556. The zero-order valence-corrected chi connectivity index (χ0v) is 17.0. The van der Waals surface area contributed by atoms with Crippen LogP contribution in [0.5, 0.6) is 0 Å². The zero-order chi connectivity index (χ0) is 18.5. The molecule has 142 valence electrons. The van der Waals surface area contributed by atoms with Crippen LogP contribution in [0.1, 0.15) is 12.8 Å². The first-order valence-electron chi connectivity index (χ1n) is 8.88. The lowest BCUT2D eigenvalue weighted by atomic mass is 10.3. The average molecular weight is 416 g/mol. The van der Waals surface area contributed by atoms with E-state index in [0.29, 0.717) is 35.4 Å². The van der Waals surface area contributed by atoms with Crippen molar-refractivity contribution in [3.05, 3.63) is 28.2 Å². The van der Waals surface area contributed by atoms with E-state index in [1.54, 1.807) is 18.2 Å². The van der Waals surface area contributed by atoms with Gasteiger partial charge in [-0.25, -0.2) is 0 Å². The summed E-state index contributed by atoms with van der Waals surface area (Å²) in [5, 5.41) is 1.22. The van der Waals surface area contributed by atoms with Gasteiger partial charge < -0.3 is 9.80 Å². The Balaban J connectivity index is 1.41. The minimum atomic E-state index is 0.0940. The van der Waals surface area contributed by atoms with Crippen LogP contribution in [0.15, 0.2) is 23.1 Å². The van der Waals surface area contributed by atoms with Crippen molar-refractivity contribution >= 4 is 46.8 Å². The molecule has 2 amide bonds. The van der Waals surface area contributed by atoms with Crippen LogP contribution in [-0.2, 0) is 9.59 Å². The van der Waals surface area contributed by atoms with Crippen LogP contribution in [-0.4, -0.2) is 78.1 Å². The van der Waals surface area contributed by atoms with Crippen LogP contribution in [0, 0.1) is 0 Å². The highest BCUT2D eigenvalue weighted by atomic mass is 35.5. The lowest BCUT2D eigenvalue weighted by Crippen LogP contribution is -2.51. The Bertz CT molecular complexity index is 660. The molecule has 3 rings (SSSR count). The van der Waals surface area contributed by atoms with Crippen molar-refractivity contribution in [2.45, 2.75) is 17.7 Å². The van der Waals surface area contributed by atoms with Gasteiger partial charge in [-0.05, 0) is 31.0 Å². The smallest absolute Gasteiger partial charge is 0.236 e. The van der Waals surface area contributed by atoms with Crippen molar-refractivity contribution in [3.8, 4) is 0 Å². The standard InChI is InChI=1S/C18H23Cl2N3O2S/c19-14-3-4-15(20)16(11-14)26-13-18(25)23-9-7-21(8-10-23)12-17(24)22-5-1-2-6-22/h3-4,11H,1-2,5-10,12-13H2. The second kappa shape index (κ2) is 9.31. The summed E-state index contributed by atoms with van der Waals surface area (Å²) >= 11 is 13.5. The summed E-state index contributed by atoms with van der Waals surface area (Å²) in [6, 6.07) is 5.26. The highest BCUT2D eigenvalue weighted by Gasteiger charge is 2.25. The van der Waals surface area contributed by atoms with Crippen molar-refractivity contribution in [1.82, 2.24) is 14.7 Å². The number of hydrogen-bond donors (Lipinski definition) is 0. The Kier molecular flexibility index (Phi) is 7.09. The molecule has 0 radical (unpaired) electrons. The summed E-state index contributed by atoms with van der Waals surface area (Å²) in [6.07, 6.45) is 2.23. The summed E-state index contributed by atoms with van der Waals surface area (Å²) in [7, 11) is 0. The van der Waals surface area contributed by atoms with E-state index < -0.39 is 0 Å². The van der Waals surface area contributed by atoms with Crippen LogP contribution in [0.3, 0.4) is 0 Å². The number of carbonyl (C=O) groups excluding carboxylic acids is 2. The molecule has 0 spiro atoms. The second-order valence-corrected chi connectivity index (χ2v) is 8.47. The third-order valence-electron chi connectivity index (χ3n) is 4.79. The monoisotopic (exact) mass is 415 g/mol. The summed E-state index contributed by atoms with van der Waals surface area (Å²) in [5.74, 6) is 0.650. The number of benzene rings is 1. The minimum absolute atomic E-state index is 0.0940. The molecule has 0 bridgehead atoms. The van der Waals surface area contributed by atoms with Gasteiger partial charge in [-0.3, -0.25) is 14.5 Å². The number of nitrogens with zero attached hydrogens (tertiary/aromatic N) is 3. The Morgan fingerprint density at radius 3 is 2.27 bits per heavy atom. The summed E-state index contributed by atoms with van der Waals surface area (Å²) < 4.78 is 0. The van der Waals surface area contributed by atoms with Crippen LogP contribution >= 0.6 is 35.0 Å². The Morgan fingerprint density at radius 1 is 0.923 bits per heavy atom. The molecular weight excluding hydrogens is 393 g/mol. The van der Waals surface area contributed by atoms with Gasteiger partial charge in [0.25, 0.3) is 0 Å². The van der Waals surface area contributed by atoms with Gasteiger partial charge in [0, 0.05) is 49.2 Å².